The Morgan fingerprint density at radius 3 is 2.55 bits per heavy atom. The first kappa shape index (κ1) is 15.0. The van der Waals surface area contributed by atoms with E-state index in [2.05, 4.69) is 53.3 Å². The Balaban J connectivity index is 2.11. The summed E-state index contributed by atoms with van der Waals surface area (Å²) in [4.78, 5) is 11.6. The lowest BCUT2D eigenvalue weighted by Crippen LogP contribution is -2.20. The van der Waals surface area contributed by atoms with Crippen molar-refractivity contribution in [2.45, 2.75) is 33.1 Å². The lowest BCUT2D eigenvalue weighted by molar-refractivity contribution is 0.399. The molecule has 5 heteroatoms. The van der Waals surface area contributed by atoms with Gasteiger partial charge in [0.2, 0.25) is 0 Å². The second-order valence-corrected chi connectivity index (χ2v) is 6.11. The molecule has 1 atom stereocenters. The Kier molecular flexibility index (Phi) is 4.81. The Hall–Kier alpha value is -1.36. The van der Waals surface area contributed by atoms with Crippen LogP contribution in [0.4, 0.5) is 11.6 Å². The van der Waals surface area contributed by atoms with Gasteiger partial charge in [-0.25, -0.2) is 9.97 Å². The second-order valence-electron chi connectivity index (χ2n) is 6.11. The highest BCUT2D eigenvalue weighted by molar-refractivity contribution is 5.57. The van der Waals surface area contributed by atoms with Crippen molar-refractivity contribution in [3.05, 3.63) is 11.4 Å². The normalized spacial score (nSPS) is 19.6. The fourth-order valence-electron chi connectivity index (χ4n) is 2.64. The third-order valence-electron chi connectivity index (χ3n) is 3.96. The number of nitrogens with zero attached hydrogens (tertiary/aromatic N) is 3. The van der Waals surface area contributed by atoms with Gasteiger partial charge >= 0.3 is 0 Å². The number of nitrogens with one attached hydrogen (secondary N) is 2. The van der Waals surface area contributed by atoms with E-state index in [4.69, 9.17) is 0 Å². The molecule has 0 radical (unpaired) electrons. The van der Waals surface area contributed by atoms with Gasteiger partial charge in [0, 0.05) is 31.6 Å². The topological polar surface area (TPSA) is 53.1 Å². The molecule has 2 rings (SSSR count). The lowest BCUT2D eigenvalue weighted by Gasteiger charge is -2.17. The Bertz CT molecular complexity index is 458. The third kappa shape index (κ3) is 3.39. The van der Waals surface area contributed by atoms with Crippen LogP contribution >= 0.6 is 0 Å². The maximum atomic E-state index is 4.68. The minimum atomic E-state index is 0.334. The van der Waals surface area contributed by atoms with Crippen LogP contribution in [0.3, 0.4) is 0 Å². The number of hydrogen-bond acceptors (Lipinski definition) is 5. The molecule has 112 valence electrons. The molecule has 2 N–H and O–H groups in total. The van der Waals surface area contributed by atoms with E-state index in [1.807, 2.05) is 7.05 Å². The van der Waals surface area contributed by atoms with Gasteiger partial charge in [-0.1, -0.05) is 13.8 Å². The maximum absolute atomic E-state index is 4.68. The van der Waals surface area contributed by atoms with Crippen LogP contribution in [0.25, 0.3) is 0 Å². The summed E-state index contributed by atoms with van der Waals surface area (Å²) in [6, 6.07) is 0. The molecule has 5 nitrogen and oxygen atoms in total. The average Bonchev–Trinajstić information content (AvgIpc) is 2.83. The first-order chi connectivity index (χ1) is 9.51. The summed E-state index contributed by atoms with van der Waals surface area (Å²) in [6.07, 6.45) is 1.27. The number of anilines is 2. The molecule has 1 unspecified atom stereocenters. The highest BCUT2D eigenvalue weighted by Crippen LogP contribution is 2.23. The van der Waals surface area contributed by atoms with E-state index in [9.17, 15) is 0 Å². The zero-order chi connectivity index (χ0) is 14.7. The van der Waals surface area contributed by atoms with Crippen molar-refractivity contribution >= 4 is 11.6 Å². The monoisotopic (exact) mass is 277 g/mol. The van der Waals surface area contributed by atoms with Gasteiger partial charge in [-0.05, 0) is 32.9 Å². The van der Waals surface area contributed by atoms with E-state index in [1.165, 1.54) is 19.5 Å². The number of aromatic nitrogens is 2. The minimum Gasteiger partial charge on any atom is -0.373 e. The Morgan fingerprint density at radius 2 is 2.00 bits per heavy atom. The van der Waals surface area contributed by atoms with Crippen molar-refractivity contribution in [1.29, 1.82) is 0 Å². The van der Waals surface area contributed by atoms with Crippen LogP contribution in [-0.4, -0.2) is 48.6 Å². The van der Waals surface area contributed by atoms with Gasteiger partial charge in [0.05, 0.1) is 0 Å². The van der Waals surface area contributed by atoms with E-state index in [-0.39, 0.29) is 0 Å². The summed E-state index contributed by atoms with van der Waals surface area (Å²) in [5.41, 5.74) is 1.10. The summed E-state index contributed by atoms with van der Waals surface area (Å²) >= 11 is 0. The van der Waals surface area contributed by atoms with Gasteiger partial charge in [0.25, 0.3) is 0 Å². The molecule has 20 heavy (non-hydrogen) atoms. The molecule has 2 heterocycles. The standard InChI is InChI=1S/C15H27N5/c1-10(2)13-18-14(16-4)11(3)15(19-13)17-8-12-6-7-20(5)9-12/h10,12H,6-9H2,1-5H3,(H2,16,17,18,19). The van der Waals surface area contributed by atoms with E-state index in [1.54, 1.807) is 0 Å². The molecular formula is C15H27N5. The van der Waals surface area contributed by atoms with Crippen LogP contribution < -0.4 is 10.6 Å². The van der Waals surface area contributed by atoms with Crippen molar-refractivity contribution in [1.82, 2.24) is 14.9 Å². The zero-order valence-electron chi connectivity index (χ0n) is 13.3. The summed E-state index contributed by atoms with van der Waals surface area (Å²) in [7, 11) is 4.10. The van der Waals surface area contributed by atoms with E-state index < -0.39 is 0 Å². The molecule has 0 saturated carbocycles. The molecule has 1 fully saturated rings. The van der Waals surface area contributed by atoms with E-state index >= 15 is 0 Å². The highest BCUT2D eigenvalue weighted by Gasteiger charge is 2.20. The Morgan fingerprint density at radius 1 is 1.30 bits per heavy atom. The molecule has 0 amide bonds. The van der Waals surface area contributed by atoms with Crippen molar-refractivity contribution in [2.24, 2.45) is 5.92 Å². The molecule has 1 aliphatic rings. The quantitative estimate of drug-likeness (QED) is 0.865. The molecule has 1 aliphatic heterocycles. The van der Waals surface area contributed by atoms with Crippen molar-refractivity contribution in [2.75, 3.05) is 44.4 Å². The van der Waals surface area contributed by atoms with E-state index in [0.717, 1.165) is 35.5 Å². The fourth-order valence-corrected chi connectivity index (χ4v) is 2.64. The Labute approximate surface area is 122 Å². The summed E-state index contributed by atoms with van der Waals surface area (Å²) in [5, 5.41) is 6.69. The number of hydrogen-bond donors (Lipinski definition) is 2. The summed E-state index contributed by atoms with van der Waals surface area (Å²) < 4.78 is 0. The molecule has 0 bridgehead atoms. The van der Waals surface area contributed by atoms with Crippen LogP contribution in [0.2, 0.25) is 0 Å². The minimum absolute atomic E-state index is 0.334. The van der Waals surface area contributed by atoms with Crippen molar-refractivity contribution < 1.29 is 0 Å². The van der Waals surface area contributed by atoms with Gasteiger partial charge in [-0.15, -0.1) is 0 Å². The molecule has 1 aromatic rings. The number of likely N-dealkylation sites (tertiary alicyclic amines) is 1. The molecule has 0 aromatic carbocycles. The smallest absolute Gasteiger partial charge is 0.135 e. The van der Waals surface area contributed by atoms with Crippen LogP contribution in [0.1, 0.15) is 37.6 Å². The van der Waals surface area contributed by atoms with Crippen molar-refractivity contribution in [3.63, 3.8) is 0 Å². The average molecular weight is 277 g/mol. The summed E-state index contributed by atoms with van der Waals surface area (Å²) in [6.45, 7) is 9.68. The third-order valence-corrected chi connectivity index (χ3v) is 3.96. The molecule has 1 saturated heterocycles. The van der Waals surface area contributed by atoms with Crippen LogP contribution in [0.15, 0.2) is 0 Å². The highest BCUT2D eigenvalue weighted by atomic mass is 15.1. The predicted molar refractivity (Wildman–Crippen MR) is 84.5 cm³/mol. The summed E-state index contributed by atoms with van der Waals surface area (Å²) in [5.74, 6) is 3.85. The predicted octanol–water partition coefficient (Wildman–Crippen LogP) is 2.31. The lowest BCUT2D eigenvalue weighted by atomic mass is 10.1. The molecule has 1 aromatic heterocycles. The van der Waals surface area contributed by atoms with Crippen LogP contribution in [-0.2, 0) is 0 Å². The van der Waals surface area contributed by atoms with Gasteiger partial charge in [-0.3, -0.25) is 0 Å². The van der Waals surface area contributed by atoms with Gasteiger partial charge in [0.1, 0.15) is 17.5 Å². The van der Waals surface area contributed by atoms with Crippen LogP contribution in [0.5, 0.6) is 0 Å². The first-order valence-electron chi connectivity index (χ1n) is 7.50. The van der Waals surface area contributed by atoms with Crippen molar-refractivity contribution in [3.8, 4) is 0 Å². The number of rotatable bonds is 5. The fraction of sp³-hybridized carbons (Fsp3) is 0.733. The molecule has 0 spiro atoms. The SMILES string of the molecule is CNc1nc(C(C)C)nc(NCC2CCN(C)C2)c1C. The van der Waals surface area contributed by atoms with E-state index in [0.29, 0.717) is 5.92 Å². The second kappa shape index (κ2) is 6.39. The van der Waals surface area contributed by atoms with Crippen LogP contribution in [0, 0.1) is 12.8 Å². The first-order valence-corrected chi connectivity index (χ1v) is 7.50. The molecule has 0 aliphatic carbocycles. The van der Waals surface area contributed by atoms with Gasteiger partial charge in [0.15, 0.2) is 0 Å². The van der Waals surface area contributed by atoms with Gasteiger partial charge < -0.3 is 15.5 Å². The molecular weight excluding hydrogens is 250 g/mol. The maximum Gasteiger partial charge on any atom is 0.135 e. The largest absolute Gasteiger partial charge is 0.373 e. The zero-order valence-corrected chi connectivity index (χ0v) is 13.3. The van der Waals surface area contributed by atoms with Gasteiger partial charge in [-0.2, -0.15) is 0 Å².